The van der Waals surface area contributed by atoms with Gasteiger partial charge in [0.1, 0.15) is 4.90 Å². The predicted octanol–water partition coefficient (Wildman–Crippen LogP) is 0.938. The molecule has 1 atom stereocenters. The Bertz CT molecular complexity index is 461. The molecule has 0 fully saturated rings. The number of hydrogen-bond acceptors (Lipinski definition) is 6. The van der Waals surface area contributed by atoms with Crippen LogP contribution in [-0.2, 0) is 10.0 Å². The number of anilines is 1. The van der Waals surface area contributed by atoms with E-state index in [1.165, 1.54) is 12.4 Å². The Morgan fingerprint density at radius 3 is 2.50 bits per heavy atom. The fourth-order valence-corrected chi connectivity index (χ4v) is 3.16. The molecule has 0 aromatic carbocycles. The summed E-state index contributed by atoms with van der Waals surface area (Å²) in [6.45, 7) is 3.87. The van der Waals surface area contributed by atoms with E-state index in [1.54, 1.807) is 18.8 Å². The van der Waals surface area contributed by atoms with Crippen LogP contribution in [0.2, 0.25) is 0 Å². The normalized spacial score (nSPS) is 13.3. The lowest BCUT2D eigenvalue weighted by molar-refractivity contribution is 0.570. The molecule has 0 saturated heterocycles. The number of sulfonamides is 1. The van der Waals surface area contributed by atoms with Crippen LogP contribution in [0.25, 0.3) is 0 Å². The monoisotopic (exact) mass is 290 g/mol. The molecule has 0 aliphatic rings. The largest absolute Gasteiger partial charge is 0.357 e. The summed E-state index contributed by atoms with van der Waals surface area (Å²) in [5.74, 6) is 2.10. The first kappa shape index (κ1) is 15.2. The molecule has 0 amide bonds. The Balaban J connectivity index is 2.73. The van der Waals surface area contributed by atoms with Crippen molar-refractivity contribution < 1.29 is 8.42 Å². The van der Waals surface area contributed by atoms with Crippen LogP contribution in [0.3, 0.4) is 0 Å². The Morgan fingerprint density at radius 1 is 1.39 bits per heavy atom. The van der Waals surface area contributed by atoms with Crippen LogP contribution in [0.15, 0.2) is 17.3 Å². The second-order valence-electron chi connectivity index (χ2n) is 3.67. The fourth-order valence-electron chi connectivity index (χ4n) is 1.25. The molecule has 1 heterocycles. The van der Waals surface area contributed by atoms with E-state index in [0.29, 0.717) is 5.95 Å². The van der Waals surface area contributed by atoms with Crippen molar-refractivity contribution >= 4 is 27.7 Å². The van der Waals surface area contributed by atoms with Gasteiger partial charge in [0.2, 0.25) is 16.0 Å². The molecule has 1 rings (SSSR count). The molecule has 0 aliphatic carbocycles. The standard InChI is InChI=1S/C10H18N4O2S2/c1-4-17-7-8(2)14-18(15,16)9-5-12-10(11-3)13-6-9/h5-6,8,14H,4,7H2,1-3H3,(H,11,12,13). The third kappa shape index (κ3) is 4.43. The quantitative estimate of drug-likeness (QED) is 0.777. The van der Waals surface area contributed by atoms with Crippen LogP contribution in [0.5, 0.6) is 0 Å². The van der Waals surface area contributed by atoms with E-state index in [1.807, 2.05) is 13.8 Å². The minimum absolute atomic E-state index is 0.0786. The molecule has 6 nitrogen and oxygen atoms in total. The average molecular weight is 290 g/mol. The van der Waals surface area contributed by atoms with Crippen molar-refractivity contribution in [1.82, 2.24) is 14.7 Å². The minimum atomic E-state index is -3.53. The van der Waals surface area contributed by atoms with Gasteiger partial charge in [0.25, 0.3) is 0 Å². The lowest BCUT2D eigenvalue weighted by atomic mass is 10.4. The molecule has 1 aromatic rings. The Kier molecular flexibility index (Phi) is 5.83. The van der Waals surface area contributed by atoms with E-state index in [9.17, 15) is 8.42 Å². The number of aromatic nitrogens is 2. The number of hydrogen-bond donors (Lipinski definition) is 2. The van der Waals surface area contributed by atoms with Crippen molar-refractivity contribution in [3.8, 4) is 0 Å². The van der Waals surface area contributed by atoms with Crippen molar-refractivity contribution in [3.63, 3.8) is 0 Å². The molecule has 8 heteroatoms. The molecule has 18 heavy (non-hydrogen) atoms. The van der Waals surface area contributed by atoms with Crippen molar-refractivity contribution in [1.29, 1.82) is 0 Å². The van der Waals surface area contributed by atoms with E-state index in [-0.39, 0.29) is 10.9 Å². The molecule has 0 saturated carbocycles. The van der Waals surface area contributed by atoms with Crippen molar-refractivity contribution in [2.75, 3.05) is 23.9 Å². The molecule has 1 unspecified atom stereocenters. The van der Waals surface area contributed by atoms with Gasteiger partial charge in [-0.25, -0.2) is 23.1 Å². The van der Waals surface area contributed by atoms with E-state index < -0.39 is 10.0 Å². The van der Waals surface area contributed by atoms with Gasteiger partial charge in [-0.05, 0) is 12.7 Å². The second-order valence-corrected chi connectivity index (χ2v) is 6.71. The highest BCUT2D eigenvalue weighted by atomic mass is 32.2. The maximum Gasteiger partial charge on any atom is 0.243 e. The zero-order chi connectivity index (χ0) is 13.6. The molecular weight excluding hydrogens is 272 g/mol. The summed E-state index contributed by atoms with van der Waals surface area (Å²) in [5.41, 5.74) is 0. The fraction of sp³-hybridized carbons (Fsp3) is 0.600. The second kappa shape index (κ2) is 6.91. The Hall–Kier alpha value is -0.860. The maximum atomic E-state index is 12.0. The molecule has 2 N–H and O–H groups in total. The molecular formula is C10H18N4O2S2. The number of rotatable bonds is 7. The van der Waals surface area contributed by atoms with Crippen LogP contribution in [0, 0.1) is 0 Å². The van der Waals surface area contributed by atoms with Gasteiger partial charge < -0.3 is 5.32 Å². The van der Waals surface area contributed by atoms with E-state index in [2.05, 4.69) is 20.0 Å². The van der Waals surface area contributed by atoms with Crippen LogP contribution in [0.1, 0.15) is 13.8 Å². The highest BCUT2D eigenvalue weighted by Gasteiger charge is 2.18. The molecule has 1 aromatic heterocycles. The zero-order valence-corrected chi connectivity index (χ0v) is 12.3. The van der Waals surface area contributed by atoms with Gasteiger partial charge in [0.05, 0.1) is 12.4 Å². The lowest BCUT2D eigenvalue weighted by Crippen LogP contribution is -2.34. The van der Waals surface area contributed by atoms with Gasteiger partial charge in [0, 0.05) is 18.8 Å². The van der Waals surface area contributed by atoms with Gasteiger partial charge in [-0.15, -0.1) is 0 Å². The molecule has 0 bridgehead atoms. The van der Waals surface area contributed by atoms with Crippen molar-refractivity contribution in [2.24, 2.45) is 0 Å². The molecule has 0 aliphatic heterocycles. The SMILES string of the molecule is CCSCC(C)NS(=O)(=O)c1cnc(NC)nc1. The maximum absolute atomic E-state index is 12.0. The molecule has 0 spiro atoms. The summed E-state index contributed by atoms with van der Waals surface area (Å²) in [7, 11) is -1.86. The number of thioether (sulfide) groups is 1. The minimum Gasteiger partial charge on any atom is -0.357 e. The van der Waals surface area contributed by atoms with Gasteiger partial charge in [-0.1, -0.05) is 6.92 Å². The topological polar surface area (TPSA) is 84.0 Å². The summed E-state index contributed by atoms with van der Waals surface area (Å²) in [4.78, 5) is 7.85. The first-order valence-corrected chi connectivity index (χ1v) is 8.23. The van der Waals surface area contributed by atoms with E-state index in [0.717, 1.165) is 11.5 Å². The highest BCUT2D eigenvalue weighted by Crippen LogP contribution is 2.09. The first-order valence-electron chi connectivity index (χ1n) is 5.59. The number of nitrogens with zero attached hydrogens (tertiary/aromatic N) is 2. The highest BCUT2D eigenvalue weighted by molar-refractivity contribution is 7.99. The van der Waals surface area contributed by atoms with Crippen LogP contribution < -0.4 is 10.0 Å². The summed E-state index contributed by atoms with van der Waals surface area (Å²) in [5, 5.41) is 2.73. The van der Waals surface area contributed by atoms with Gasteiger partial charge in [0.15, 0.2) is 0 Å². The van der Waals surface area contributed by atoms with Gasteiger partial charge in [-0.2, -0.15) is 11.8 Å². The van der Waals surface area contributed by atoms with Crippen molar-refractivity contribution in [3.05, 3.63) is 12.4 Å². The van der Waals surface area contributed by atoms with E-state index >= 15 is 0 Å². The van der Waals surface area contributed by atoms with Crippen LogP contribution in [-0.4, -0.2) is 43.0 Å². The average Bonchev–Trinajstić information content (AvgIpc) is 2.36. The molecule has 102 valence electrons. The van der Waals surface area contributed by atoms with Crippen LogP contribution in [0.4, 0.5) is 5.95 Å². The third-order valence-corrected chi connectivity index (χ3v) is 4.78. The first-order chi connectivity index (χ1) is 8.49. The predicted molar refractivity (Wildman–Crippen MR) is 74.4 cm³/mol. The summed E-state index contributed by atoms with van der Waals surface area (Å²) in [6, 6.07) is -0.121. The smallest absolute Gasteiger partial charge is 0.243 e. The summed E-state index contributed by atoms with van der Waals surface area (Å²) in [6.07, 6.45) is 2.59. The van der Waals surface area contributed by atoms with E-state index in [4.69, 9.17) is 0 Å². The Morgan fingerprint density at radius 2 is 2.00 bits per heavy atom. The molecule has 0 radical (unpaired) electrons. The summed E-state index contributed by atoms with van der Waals surface area (Å²) >= 11 is 1.69. The van der Waals surface area contributed by atoms with Gasteiger partial charge in [-0.3, -0.25) is 0 Å². The Labute approximate surface area is 112 Å². The lowest BCUT2D eigenvalue weighted by Gasteiger charge is -2.13. The van der Waals surface area contributed by atoms with Gasteiger partial charge >= 0.3 is 0 Å². The summed E-state index contributed by atoms with van der Waals surface area (Å²) < 4.78 is 26.6. The zero-order valence-electron chi connectivity index (χ0n) is 10.7. The van der Waals surface area contributed by atoms with Crippen molar-refractivity contribution in [2.45, 2.75) is 24.8 Å². The van der Waals surface area contributed by atoms with Crippen LogP contribution >= 0.6 is 11.8 Å². The third-order valence-electron chi connectivity index (χ3n) is 2.09. The number of nitrogens with one attached hydrogen (secondary N) is 2.